The first-order valence-corrected chi connectivity index (χ1v) is 7.47. The summed E-state index contributed by atoms with van der Waals surface area (Å²) in [5, 5.41) is 5.56. The lowest BCUT2D eigenvalue weighted by molar-refractivity contribution is -0.0762. The van der Waals surface area contributed by atoms with E-state index in [9.17, 15) is 4.79 Å². The van der Waals surface area contributed by atoms with E-state index in [1.807, 2.05) is 6.07 Å². The number of hydrogen-bond acceptors (Lipinski definition) is 5. The highest BCUT2D eigenvalue weighted by Gasteiger charge is 2.22. The topological polar surface area (TPSA) is 73.4 Å². The van der Waals surface area contributed by atoms with Gasteiger partial charge in [-0.15, -0.1) is 0 Å². The molecule has 7 nitrogen and oxygen atoms in total. The molecule has 0 atom stereocenters. The van der Waals surface area contributed by atoms with Crippen molar-refractivity contribution in [2.45, 2.75) is 0 Å². The summed E-state index contributed by atoms with van der Waals surface area (Å²) in [6, 6.07) is 8.75. The normalized spacial score (nSPS) is 10.7. The van der Waals surface area contributed by atoms with E-state index in [0.29, 0.717) is 23.0 Å². The molecule has 1 amide bonds. The van der Waals surface area contributed by atoms with Crippen LogP contribution in [0.1, 0.15) is 10.5 Å². The molecule has 118 valence electrons. The van der Waals surface area contributed by atoms with E-state index in [2.05, 4.69) is 26.0 Å². The van der Waals surface area contributed by atoms with Crippen LogP contribution in [-0.2, 0) is 4.84 Å². The summed E-state index contributed by atoms with van der Waals surface area (Å²) in [5.41, 5.74) is 0.850. The van der Waals surface area contributed by atoms with Crippen LogP contribution in [0, 0.1) is 0 Å². The fourth-order valence-electron chi connectivity index (χ4n) is 1.99. The summed E-state index contributed by atoms with van der Waals surface area (Å²) in [7, 11) is 2.95. The molecule has 0 unspecified atom stereocenters. The Morgan fingerprint density at radius 3 is 2.83 bits per heavy atom. The van der Waals surface area contributed by atoms with E-state index in [1.165, 1.54) is 18.8 Å². The summed E-state index contributed by atoms with van der Waals surface area (Å²) in [5.74, 6) is 0.733. The Balaban J connectivity index is 2.12. The summed E-state index contributed by atoms with van der Waals surface area (Å²) in [6.45, 7) is 0. The highest BCUT2D eigenvalue weighted by Crippen LogP contribution is 2.23. The molecule has 0 saturated carbocycles. The smallest absolute Gasteiger partial charge is 0.295 e. The lowest BCUT2D eigenvalue weighted by atomic mass is 10.3. The van der Waals surface area contributed by atoms with E-state index in [0.717, 1.165) is 9.54 Å². The Hall–Kier alpha value is -2.45. The van der Waals surface area contributed by atoms with Gasteiger partial charge in [0.15, 0.2) is 11.6 Å². The molecule has 0 spiro atoms. The van der Waals surface area contributed by atoms with Gasteiger partial charge in [0.1, 0.15) is 11.4 Å². The van der Waals surface area contributed by atoms with Crippen molar-refractivity contribution in [3.8, 4) is 17.3 Å². The maximum Gasteiger partial charge on any atom is 0.295 e. The van der Waals surface area contributed by atoms with Gasteiger partial charge in [-0.2, -0.15) is 5.10 Å². The predicted octanol–water partition coefficient (Wildman–Crippen LogP) is 2.92. The fourth-order valence-corrected chi connectivity index (χ4v) is 2.22. The molecular weight excluding hydrogens is 364 g/mol. The molecule has 8 heteroatoms. The van der Waals surface area contributed by atoms with Gasteiger partial charge < -0.3 is 4.42 Å². The zero-order valence-electron chi connectivity index (χ0n) is 12.4. The number of nitrogens with zero attached hydrogens (tertiary/aromatic N) is 4. The molecule has 0 radical (unpaired) electrons. The number of furan rings is 1. The standard InChI is InChI=1S/C15H13BrN4O3/c1-19(22-2)15(21)12-8-11(13-4-3-7-23-13)18-20(12)14-6-5-10(16)9-17-14/h3-9H,1-2H3. The molecule has 0 aliphatic rings. The predicted molar refractivity (Wildman–Crippen MR) is 85.9 cm³/mol. The lowest BCUT2D eigenvalue weighted by Gasteiger charge is -2.14. The van der Waals surface area contributed by atoms with E-state index in [-0.39, 0.29) is 5.91 Å². The third-order valence-electron chi connectivity index (χ3n) is 3.19. The lowest BCUT2D eigenvalue weighted by Crippen LogP contribution is -2.27. The van der Waals surface area contributed by atoms with E-state index in [4.69, 9.17) is 9.25 Å². The minimum atomic E-state index is -0.345. The number of halogens is 1. The van der Waals surface area contributed by atoms with Crippen LogP contribution in [0.4, 0.5) is 0 Å². The van der Waals surface area contributed by atoms with Crippen molar-refractivity contribution in [1.29, 1.82) is 0 Å². The molecule has 3 heterocycles. The first-order chi connectivity index (χ1) is 11.1. The van der Waals surface area contributed by atoms with Gasteiger partial charge in [0, 0.05) is 23.8 Å². The molecule has 0 fully saturated rings. The fraction of sp³-hybridized carbons (Fsp3) is 0.133. The van der Waals surface area contributed by atoms with Crippen molar-refractivity contribution in [3.05, 3.63) is 53.0 Å². The number of carbonyl (C=O) groups excluding carboxylic acids is 1. The van der Waals surface area contributed by atoms with Crippen molar-refractivity contribution in [2.75, 3.05) is 14.2 Å². The second-order valence-corrected chi connectivity index (χ2v) is 5.54. The average molecular weight is 377 g/mol. The monoisotopic (exact) mass is 376 g/mol. The van der Waals surface area contributed by atoms with Gasteiger partial charge in [-0.1, -0.05) is 0 Å². The molecule has 0 aliphatic heterocycles. The number of aromatic nitrogens is 3. The molecule has 0 N–H and O–H groups in total. The maximum absolute atomic E-state index is 12.5. The van der Waals surface area contributed by atoms with Crippen molar-refractivity contribution in [3.63, 3.8) is 0 Å². The van der Waals surface area contributed by atoms with Crippen LogP contribution in [0.5, 0.6) is 0 Å². The van der Waals surface area contributed by atoms with Gasteiger partial charge in [0.05, 0.1) is 13.4 Å². The molecular formula is C15H13BrN4O3. The number of hydroxylamine groups is 2. The average Bonchev–Trinajstić information content (AvgIpc) is 3.23. The van der Waals surface area contributed by atoms with Crippen LogP contribution < -0.4 is 0 Å². The SMILES string of the molecule is CON(C)C(=O)c1cc(-c2ccco2)nn1-c1ccc(Br)cn1. The Bertz CT molecular complexity index is 812. The molecule has 23 heavy (non-hydrogen) atoms. The number of hydrogen-bond donors (Lipinski definition) is 0. The van der Waals surface area contributed by atoms with Crippen molar-refractivity contribution in [2.24, 2.45) is 0 Å². The first-order valence-electron chi connectivity index (χ1n) is 6.68. The van der Waals surface area contributed by atoms with Crippen LogP contribution >= 0.6 is 15.9 Å². The van der Waals surface area contributed by atoms with Gasteiger partial charge in [-0.05, 0) is 40.2 Å². The van der Waals surface area contributed by atoms with Crippen LogP contribution in [0.15, 0.2) is 51.7 Å². The number of rotatable bonds is 4. The minimum absolute atomic E-state index is 0.315. The van der Waals surface area contributed by atoms with Gasteiger partial charge in [0.25, 0.3) is 5.91 Å². The quantitative estimate of drug-likeness (QED) is 0.654. The molecule has 3 rings (SSSR count). The summed E-state index contributed by atoms with van der Waals surface area (Å²) < 4.78 is 7.64. The number of amides is 1. The zero-order chi connectivity index (χ0) is 16.4. The Morgan fingerprint density at radius 2 is 2.22 bits per heavy atom. The highest BCUT2D eigenvalue weighted by molar-refractivity contribution is 9.10. The Morgan fingerprint density at radius 1 is 1.39 bits per heavy atom. The van der Waals surface area contributed by atoms with E-state index >= 15 is 0 Å². The van der Waals surface area contributed by atoms with Gasteiger partial charge in [-0.25, -0.2) is 14.7 Å². The van der Waals surface area contributed by atoms with Crippen molar-refractivity contribution in [1.82, 2.24) is 19.8 Å². The molecule has 0 saturated heterocycles. The van der Waals surface area contributed by atoms with Gasteiger partial charge >= 0.3 is 0 Å². The number of pyridine rings is 1. The molecule has 0 aliphatic carbocycles. The maximum atomic E-state index is 12.5. The van der Waals surface area contributed by atoms with Crippen LogP contribution in [-0.4, -0.2) is 39.9 Å². The molecule has 3 aromatic rings. The molecule has 0 bridgehead atoms. The third kappa shape index (κ3) is 3.03. The number of carbonyl (C=O) groups is 1. The van der Waals surface area contributed by atoms with Crippen LogP contribution in [0.25, 0.3) is 17.3 Å². The summed E-state index contributed by atoms with van der Waals surface area (Å²) in [4.78, 5) is 21.7. The van der Waals surface area contributed by atoms with Crippen molar-refractivity contribution >= 4 is 21.8 Å². The Kier molecular flexibility index (Phi) is 4.26. The van der Waals surface area contributed by atoms with E-state index in [1.54, 1.807) is 36.7 Å². The highest BCUT2D eigenvalue weighted by atomic mass is 79.9. The summed E-state index contributed by atoms with van der Waals surface area (Å²) in [6.07, 6.45) is 3.19. The molecule has 3 aromatic heterocycles. The van der Waals surface area contributed by atoms with Gasteiger partial charge in [-0.3, -0.25) is 9.63 Å². The van der Waals surface area contributed by atoms with E-state index < -0.39 is 0 Å². The largest absolute Gasteiger partial charge is 0.463 e. The van der Waals surface area contributed by atoms with Gasteiger partial charge in [0.2, 0.25) is 0 Å². The second-order valence-electron chi connectivity index (χ2n) is 4.62. The second kappa shape index (κ2) is 6.35. The first kappa shape index (κ1) is 15.4. The Labute approximate surface area is 140 Å². The molecule has 0 aromatic carbocycles. The minimum Gasteiger partial charge on any atom is -0.463 e. The van der Waals surface area contributed by atoms with Crippen molar-refractivity contribution < 1.29 is 14.0 Å². The third-order valence-corrected chi connectivity index (χ3v) is 3.66. The van der Waals surface area contributed by atoms with Crippen LogP contribution in [0.3, 0.4) is 0 Å². The van der Waals surface area contributed by atoms with Crippen LogP contribution in [0.2, 0.25) is 0 Å². The zero-order valence-corrected chi connectivity index (χ0v) is 14.0. The summed E-state index contributed by atoms with van der Waals surface area (Å²) >= 11 is 3.33.